The van der Waals surface area contributed by atoms with Gasteiger partial charge in [-0.05, 0) is 51.4 Å². The molecule has 1 saturated heterocycles. The van der Waals surface area contributed by atoms with Crippen LogP contribution in [0.15, 0.2) is 4.52 Å². The number of carbonyl (C=O) groups excluding carboxylic acids is 1. The fourth-order valence-electron chi connectivity index (χ4n) is 4.64. The van der Waals surface area contributed by atoms with E-state index in [0.29, 0.717) is 12.3 Å². The highest BCUT2D eigenvalue weighted by Crippen LogP contribution is 2.42. The Morgan fingerprint density at radius 2 is 1.96 bits per heavy atom. The van der Waals surface area contributed by atoms with Gasteiger partial charge < -0.3 is 9.42 Å². The molecule has 1 aliphatic heterocycles. The van der Waals surface area contributed by atoms with Crippen molar-refractivity contribution >= 4 is 5.91 Å². The van der Waals surface area contributed by atoms with Crippen molar-refractivity contribution in [2.24, 2.45) is 5.92 Å². The summed E-state index contributed by atoms with van der Waals surface area (Å²) in [6.45, 7) is 2.96. The van der Waals surface area contributed by atoms with Gasteiger partial charge in [-0.1, -0.05) is 37.3 Å². The van der Waals surface area contributed by atoms with E-state index in [1.165, 1.54) is 32.1 Å². The molecule has 0 N–H and O–H groups in total. The molecule has 2 heterocycles. The number of amides is 1. The van der Waals surface area contributed by atoms with Gasteiger partial charge in [-0.15, -0.1) is 0 Å². The zero-order valence-corrected chi connectivity index (χ0v) is 15.5. The predicted octanol–water partition coefficient (Wildman–Crippen LogP) is 4.54. The SMILES string of the molecule is CC1(c2noc(C3CC3)n2)CCCCN1C(=O)CCC1CCCCC1. The molecule has 0 spiro atoms. The number of hydrogen-bond donors (Lipinski definition) is 0. The number of hydrogen-bond acceptors (Lipinski definition) is 4. The third kappa shape index (κ3) is 3.61. The van der Waals surface area contributed by atoms with Gasteiger partial charge in [0.25, 0.3) is 0 Å². The van der Waals surface area contributed by atoms with Gasteiger partial charge in [-0.25, -0.2) is 0 Å². The van der Waals surface area contributed by atoms with Crippen LogP contribution < -0.4 is 0 Å². The molecule has 1 unspecified atom stereocenters. The minimum atomic E-state index is -0.390. The minimum Gasteiger partial charge on any atom is -0.339 e. The van der Waals surface area contributed by atoms with E-state index in [0.717, 1.165) is 62.7 Å². The average molecular weight is 345 g/mol. The van der Waals surface area contributed by atoms with E-state index < -0.39 is 5.54 Å². The van der Waals surface area contributed by atoms with Crippen molar-refractivity contribution in [3.05, 3.63) is 11.7 Å². The zero-order valence-electron chi connectivity index (χ0n) is 15.5. The lowest BCUT2D eigenvalue weighted by atomic mass is 9.84. The van der Waals surface area contributed by atoms with Crippen LogP contribution >= 0.6 is 0 Å². The topological polar surface area (TPSA) is 59.2 Å². The Kier molecular flexibility index (Phi) is 4.83. The summed E-state index contributed by atoms with van der Waals surface area (Å²) in [6.07, 6.45) is 13.8. The first kappa shape index (κ1) is 17.0. The lowest BCUT2D eigenvalue weighted by Crippen LogP contribution is -2.51. The Hall–Kier alpha value is -1.39. The number of piperidine rings is 1. The molecule has 5 nitrogen and oxygen atoms in total. The third-order valence-electron chi connectivity index (χ3n) is 6.53. The molecular weight excluding hydrogens is 314 g/mol. The molecule has 0 aromatic carbocycles. The molecule has 3 fully saturated rings. The van der Waals surface area contributed by atoms with Gasteiger partial charge >= 0.3 is 0 Å². The molecule has 2 saturated carbocycles. The Morgan fingerprint density at radius 3 is 2.72 bits per heavy atom. The van der Waals surface area contributed by atoms with E-state index >= 15 is 0 Å². The van der Waals surface area contributed by atoms with E-state index in [2.05, 4.69) is 22.0 Å². The van der Waals surface area contributed by atoms with Crippen LogP contribution in [0.5, 0.6) is 0 Å². The lowest BCUT2D eigenvalue weighted by Gasteiger charge is -2.43. The first-order valence-corrected chi connectivity index (χ1v) is 10.3. The van der Waals surface area contributed by atoms with E-state index in [1.807, 2.05) is 0 Å². The Balaban J connectivity index is 1.44. The molecule has 2 aliphatic carbocycles. The normalized spacial score (nSPS) is 28.3. The summed E-state index contributed by atoms with van der Waals surface area (Å²) >= 11 is 0. The summed E-state index contributed by atoms with van der Waals surface area (Å²) < 4.78 is 5.49. The maximum absolute atomic E-state index is 13.0. The van der Waals surface area contributed by atoms with E-state index in [-0.39, 0.29) is 5.91 Å². The molecule has 0 bridgehead atoms. The average Bonchev–Trinajstić information content (AvgIpc) is 3.37. The van der Waals surface area contributed by atoms with Gasteiger partial charge in [-0.2, -0.15) is 4.98 Å². The molecule has 3 aliphatic rings. The summed E-state index contributed by atoms with van der Waals surface area (Å²) in [5.41, 5.74) is -0.390. The summed E-state index contributed by atoms with van der Waals surface area (Å²) in [4.78, 5) is 19.8. The van der Waals surface area contributed by atoms with Gasteiger partial charge in [0.05, 0.1) is 0 Å². The van der Waals surface area contributed by atoms with E-state index in [1.54, 1.807) is 0 Å². The van der Waals surface area contributed by atoms with Gasteiger partial charge in [0.1, 0.15) is 5.54 Å². The summed E-state index contributed by atoms with van der Waals surface area (Å²) in [5, 5.41) is 4.28. The van der Waals surface area contributed by atoms with Crippen molar-refractivity contribution in [3.8, 4) is 0 Å². The van der Waals surface area contributed by atoms with Crippen LogP contribution in [-0.4, -0.2) is 27.5 Å². The molecule has 1 aromatic heterocycles. The van der Waals surface area contributed by atoms with Crippen LogP contribution in [0.2, 0.25) is 0 Å². The number of carbonyl (C=O) groups is 1. The van der Waals surface area contributed by atoms with Gasteiger partial charge in [0.2, 0.25) is 11.8 Å². The summed E-state index contributed by atoms with van der Waals surface area (Å²) in [5.74, 6) is 2.99. The van der Waals surface area contributed by atoms with Crippen molar-refractivity contribution < 1.29 is 9.32 Å². The molecule has 138 valence electrons. The summed E-state index contributed by atoms with van der Waals surface area (Å²) in [7, 11) is 0. The van der Waals surface area contributed by atoms with Crippen LogP contribution in [0, 0.1) is 5.92 Å². The number of aromatic nitrogens is 2. The highest BCUT2D eigenvalue weighted by Gasteiger charge is 2.43. The number of rotatable bonds is 5. The molecule has 1 aromatic rings. The maximum atomic E-state index is 13.0. The second-order valence-electron chi connectivity index (χ2n) is 8.55. The van der Waals surface area contributed by atoms with Crippen molar-refractivity contribution in [2.75, 3.05) is 6.54 Å². The van der Waals surface area contributed by atoms with Crippen molar-refractivity contribution in [1.82, 2.24) is 15.0 Å². The monoisotopic (exact) mass is 345 g/mol. The minimum absolute atomic E-state index is 0.283. The number of nitrogens with zero attached hydrogens (tertiary/aromatic N) is 3. The summed E-state index contributed by atoms with van der Waals surface area (Å²) in [6, 6.07) is 0. The first-order chi connectivity index (χ1) is 12.2. The second-order valence-corrected chi connectivity index (χ2v) is 8.55. The Labute approximate surface area is 150 Å². The largest absolute Gasteiger partial charge is 0.339 e. The maximum Gasteiger partial charge on any atom is 0.229 e. The van der Waals surface area contributed by atoms with Gasteiger partial charge in [0, 0.05) is 18.9 Å². The van der Waals surface area contributed by atoms with Crippen molar-refractivity contribution in [3.63, 3.8) is 0 Å². The predicted molar refractivity (Wildman–Crippen MR) is 95.0 cm³/mol. The third-order valence-corrected chi connectivity index (χ3v) is 6.53. The van der Waals surface area contributed by atoms with Crippen LogP contribution in [0.4, 0.5) is 0 Å². The molecule has 5 heteroatoms. The first-order valence-electron chi connectivity index (χ1n) is 10.3. The fourth-order valence-corrected chi connectivity index (χ4v) is 4.64. The lowest BCUT2D eigenvalue weighted by molar-refractivity contribution is -0.140. The Bertz CT molecular complexity index is 604. The molecule has 0 radical (unpaired) electrons. The van der Waals surface area contributed by atoms with Crippen LogP contribution in [0.25, 0.3) is 0 Å². The molecule has 25 heavy (non-hydrogen) atoms. The molecule has 4 rings (SSSR count). The molecule has 1 amide bonds. The molecule has 1 atom stereocenters. The number of likely N-dealkylation sites (tertiary alicyclic amines) is 1. The van der Waals surface area contributed by atoms with E-state index in [9.17, 15) is 4.79 Å². The fraction of sp³-hybridized carbons (Fsp3) is 0.850. The van der Waals surface area contributed by atoms with Crippen LogP contribution in [-0.2, 0) is 10.3 Å². The quantitative estimate of drug-likeness (QED) is 0.786. The molecular formula is C20H31N3O2. The zero-order chi connectivity index (χ0) is 17.3. The Morgan fingerprint density at radius 1 is 1.16 bits per heavy atom. The van der Waals surface area contributed by atoms with Crippen molar-refractivity contribution in [2.45, 2.75) is 95.4 Å². The smallest absolute Gasteiger partial charge is 0.229 e. The highest BCUT2D eigenvalue weighted by molar-refractivity contribution is 5.77. The van der Waals surface area contributed by atoms with Gasteiger partial charge in [0.15, 0.2) is 5.82 Å². The van der Waals surface area contributed by atoms with E-state index in [4.69, 9.17) is 4.52 Å². The second kappa shape index (κ2) is 7.08. The van der Waals surface area contributed by atoms with Crippen molar-refractivity contribution in [1.29, 1.82) is 0 Å². The van der Waals surface area contributed by atoms with Crippen LogP contribution in [0.1, 0.15) is 102 Å². The van der Waals surface area contributed by atoms with Gasteiger partial charge in [-0.3, -0.25) is 4.79 Å². The standard InChI is InChI=1S/C20H31N3O2/c1-20(19-21-18(25-22-19)16-10-11-16)13-5-6-14-23(20)17(24)12-9-15-7-3-2-4-8-15/h15-16H,2-14H2,1H3. The van der Waals surface area contributed by atoms with Crippen LogP contribution in [0.3, 0.4) is 0 Å². The highest BCUT2D eigenvalue weighted by atomic mass is 16.5.